The van der Waals surface area contributed by atoms with Crippen LogP contribution >= 0.6 is 47.5 Å². The largest absolute Gasteiger partial charge is 0.307 e. The van der Waals surface area contributed by atoms with Gasteiger partial charge in [-0.15, -0.1) is 0 Å². The van der Waals surface area contributed by atoms with Crippen LogP contribution in [0.2, 0.25) is 0 Å². The Kier molecular flexibility index (Phi) is 6.68. The summed E-state index contributed by atoms with van der Waals surface area (Å²) in [6.07, 6.45) is 1.93. The van der Waals surface area contributed by atoms with Crippen LogP contribution in [0.15, 0.2) is 91.2 Å². The van der Waals surface area contributed by atoms with E-state index in [1.807, 2.05) is 6.08 Å². The van der Waals surface area contributed by atoms with E-state index in [2.05, 4.69) is 85.9 Å². The summed E-state index contributed by atoms with van der Waals surface area (Å²) in [6.45, 7) is 4.18. The van der Waals surface area contributed by atoms with Gasteiger partial charge >= 0.3 is 0 Å². The molecule has 0 saturated carbocycles. The van der Waals surface area contributed by atoms with Gasteiger partial charge in [-0.25, -0.2) is 0 Å². The summed E-state index contributed by atoms with van der Waals surface area (Å²) in [5.41, 5.74) is 3.50. The van der Waals surface area contributed by atoms with Crippen molar-refractivity contribution >= 4 is 63.8 Å². The van der Waals surface area contributed by atoms with E-state index in [0.717, 1.165) is 20.2 Å². The first-order chi connectivity index (χ1) is 14.5. The summed E-state index contributed by atoms with van der Waals surface area (Å²) in [6, 6.07) is 23.4. The molecule has 0 bridgehead atoms. The molecule has 1 heterocycles. The fourth-order valence-corrected chi connectivity index (χ4v) is 5.75. The quantitative estimate of drug-likeness (QED) is 0.321. The van der Waals surface area contributed by atoms with E-state index >= 15 is 0 Å². The van der Waals surface area contributed by atoms with Gasteiger partial charge in [0.25, 0.3) is 5.91 Å². The van der Waals surface area contributed by atoms with E-state index < -0.39 is 0 Å². The lowest BCUT2D eigenvalue weighted by molar-refractivity contribution is -0.115. The maximum Gasteiger partial charge on any atom is 0.263 e. The van der Waals surface area contributed by atoms with Crippen LogP contribution in [0.4, 0.5) is 0 Å². The number of nitrogens with one attached hydrogen (secondary N) is 1. The van der Waals surface area contributed by atoms with E-state index in [1.165, 1.54) is 27.8 Å². The summed E-state index contributed by atoms with van der Waals surface area (Å²) in [4.78, 5) is 17.4. The molecule has 1 fully saturated rings. The number of hydrogen-bond donors (Lipinski definition) is 1. The summed E-state index contributed by atoms with van der Waals surface area (Å²) in [5, 5.41) is 2.69. The topological polar surface area (TPSA) is 29.1 Å². The molecule has 1 saturated heterocycles. The summed E-state index contributed by atoms with van der Waals surface area (Å²) >= 11 is 9.88. The number of carbonyl (C=O) groups excluding carboxylic acids is 1. The minimum Gasteiger partial charge on any atom is -0.307 e. The van der Waals surface area contributed by atoms with Crippen LogP contribution in [0.3, 0.4) is 0 Å². The van der Waals surface area contributed by atoms with Crippen LogP contribution in [0.1, 0.15) is 16.7 Å². The van der Waals surface area contributed by atoms with E-state index in [4.69, 9.17) is 12.2 Å². The van der Waals surface area contributed by atoms with Crippen molar-refractivity contribution in [3.63, 3.8) is 0 Å². The molecule has 30 heavy (non-hydrogen) atoms. The Hall–Kier alpha value is -1.99. The molecule has 150 valence electrons. The van der Waals surface area contributed by atoms with Crippen molar-refractivity contribution in [3.8, 4) is 0 Å². The third kappa shape index (κ3) is 5.38. The van der Waals surface area contributed by atoms with Gasteiger partial charge < -0.3 is 5.32 Å². The molecular weight excluding hydrogens is 447 g/mol. The van der Waals surface area contributed by atoms with Crippen molar-refractivity contribution in [2.45, 2.75) is 33.4 Å². The van der Waals surface area contributed by atoms with E-state index in [0.29, 0.717) is 9.23 Å². The molecule has 2 nitrogen and oxygen atoms in total. The van der Waals surface area contributed by atoms with Crippen LogP contribution in [-0.4, -0.2) is 10.2 Å². The van der Waals surface area contributed by atoms with Crippen LogP contribution in [0, 0.1) is 13.8 Å². The molecule has 0 aliphatic carbocycles. The van der Waals surface area contributed by atoms with Gasteiger partial charge in [0, 0.05) is 19.6 Å². The summed E-state index contributed by atoms with van der Waals surface area (Å²) in [7, 11) is 0. The van der Waals surface area contributed by atoms with Gasteiger partial charge in [-0.3, -0.25) is 4.79 Å². The fourth-order valence-electron chi connectivity index (χ4n) is 2.82. The highest BCUT2D eigenvalue weighted by molar-refractivity contribution is 8.26. The lowest BCUT2D eigenvalue weighted by Gasteiger charge is -2.10. The molecule has 1 amide bonds. The molecule has 0 radical (unpaired) electrons. The van der Waals surface area contributed by atoms with E-state index in [1.54, 1.807) is 23.5 Å². The molecule has 0 aromatic heterocycles. The maximum atomic E-state index is 12.1. The smallest absolute Gasteiger partial charge is 0.263 e. The zero-order valence-corrected chi connectivity index (χ0v) is 19.7. The van der Waals surface area contributed by atoms with E-state index in [-0.39, 0.29) is 5.91 Å². The lowest BCUT2D eigenvalue weighted by Crippen LogP contribution is -2.17. The minimum absolute atomic E-state index is 0.130. The van der Waals surface area contributed by atoms with E-state index in [9.17, 15) is 4.79 Å². The lowest BCUT2D eigenvalue weighted by atomic mass is 10.2. The zero-order chi connectivity index (χ0) is 21.1. The van der Waals surface area contributed by atoms with Gasteiger partial charge in [-0.05, 0) is 61.9 Å². The molecule has 1 aliphatic heterocycles. The summed E-state index contributed by atoms with van der Waals surface area (Å²) < 4.78 is 0.505. The van der Waals surface area contributed by atoms with Crippen molar-refractivity contribution < 1.29 is 4.79 Å². The highest BCUT2D eigenvalue weighted by Gasteiger charge is 2.22. The third-order valence-corrected chi connectivity index (χ3v) is 7.66. The van der Waals surface area contributed by atoms with Crippen LogP contribution in [-0.2, 0) is 4.79 Å². The Morgan fingerprint density at radius 3 is 1.97 bits per heavy atom. The molecule has 1 aliphatic rings. The molecule has 0 atom stereocenters. The average molecular weight is 466 g/mol. The Balaban J connectivity index is 1.68. The van der Waals surface area contributed by atoms with Gasteiger partial charge in [0.1, 0.15) is 4.32 Å². The first-order valence-corrected chi connectivity index (χ1v) is 12.2. The highest BCUT2D eigenvalue weighted by Crippen LogP contribution is 2.38. The minimum atomic E-state index is -0.130. The maximum absolute atomic E-state index is 12.1. The number of thiocarbonyl (C=S) groups is 1. The van der Waals surface area contributed by atoms with Crippen LogP contribution in [0.25, 0.3) is 6.08 Å². The third-order valence-electron chi connectivity index (χ3n) is 4.42. The van der Waals surface area contributed by atoms with Gasteiger partial charge in [-0.2, -0.15) is 0 Å². The van der Waals surface area contributed by atoms with Crippen molar-refractivity contribution in [2.75, 3.05) is 0 Å². The predicted octanol–water partition coefficient (Wildman–Crippen LogP) is 7.09. The van der Waals surface area contributed by atoms with Crippen molar-refractivity contribution in [2.24, 2.45) is 0 Å². The standard InChI is InChI=1S/C24H19NOS4/c1-15-3-8-18(9-4-15)28-20-12-7-17(13-22-23(26)25-24(27)30-22)21(14-20)29-19-10-5-16(2)6-11-19/h3-14H,1-2H3,(H,25,26,27)/b22-13-. The van der Waals surface area contributed by atoms with Crippen molar-refractivity contribution in [1.29, 1.82) is 0 Å². The number of thioether (sulfide) groups is 1. The van der Waals surface area contributed by atoms with Crippen LogP contribution in [0.5, 0.6) is 0 Å². The van der Waals surface area contributed by atoms with Crippen LogP contribution < -0.4 is 5.32 Å². The number of hydrogen-bond acceptors (Lipinski definition) is 5. The number of carbonyl (C=O) groups is 1. The van der Waals surface area contributed by atoms with Gasteiger partial charge in [-0.1, -0.05) is 89.0 Å². The monoisotopic (exact) mass is 465 g/mol. The van der Waals surface area contributed by atoms with Gasteiger partial charge in [0.2, 0.25) is 0 Å². The zero-order valence-electron chi connectivity index (χ0n) is 16.5. The fraction of sp³-hybridized carbons (Fsp3) is 0.0833. The number of rotatable bonds is 5. The molecule has 6 heteroatoms. The number of aryl methyl sites for hydroxylation is 2. The Morgan fingerprint density at radius 2 is 1.40 bits per heavy atom. The summed E-state index contributed by atoms with van der Waals surface area (Å²) in [5.74, 6) is -0.130. The molecular formula is C24H19NOS4. The Morgan fingerprint density at radius 1 is 0.833 bits per heavy atom. The molecule has 0 unspecified atom stereocenters. The van der Waals surface area contributed by atoms with Crippen molar-refractivity contribution in [3.05, 3.63) is 88.3 Å². The molecule has 0 spiro atoms. The first kappa shape index (κ1) is 21.2. The molecule has 3 aromatic rings. The number of amides is 1. The average Bonchev–Trinajstić information content (AvgIpc) is 3.04. The second-order valence-corrected chi connectivity index (χ2v) is 10.9. The SMILES string of the molecule is Cc1ccc(Sc2ccc(/C=C3\SC(=S)NC3=O)c(Sc3ccc(C)cc3)c2)cc1. The Labute approximate surface area is 194 Å². The van der Waals surface area contributed by atoms with Crippen molar-refractivity contribution in [1.82, 2.24) is 5.32 Å². The normalized spacial score (nSPS) is 14.9. The van der Waals surface area contributed by atoms with Gasteiger partial charge in [0.05, 0.1) is 4.91 Å². The first-order valence-electron chi connectivity index (χ1n) is 9.34. The molecule has 4 rings (SSSR count). The number of benzene rings is 3. The second kappa shape index (κ2) is 9.43. The second-order valence-electron chi connectivity index (χ2n) is 6.88. The Bertz CT molecular complexity index is 1130. The van der Waals surface area contributed by atoms with Gasteiger partial charge in [0.15, 0.2) is 0 Å². The predicted molar refractivity (Wildman–Crippen MR) is 133 cm³/mol. The molecule has 3 aromatic carbocycles. The molecule has 1 N–H and O–H groups in total. The highest BCUT2D eigenvalue weighted by atomic mass is 32.2.